The highest BCUT2D eigenvalue weighted by molar-refractivity contribution is 7.90. The molecule has 1 amide bonds. The summed E-state index contributed by atoms with van der Waals surface area (Å²) in [6.07, 6.45) is 4.30. The number of hydrogen-bond donors (Lipinski definition) is 2. The van der Waals surface area contributed by atoms with Gasteiger partial charge in [0.15, 0.2) is 16.4 Å². The van der Waals surface area contributed by atoms with E-state index < -0.39 is 9.84 Å². The summed E-state index contributed by atoms with van der Waals surface area (Å²) < 4.78 is 23.2. The van der Waals surface area contributed by atoms with Crippen molar-refractivity contribution in [1.29, 1.82) is 0 Å². The van der Waals surface area contributed by atoms with E-state index in [4.69, 9.17) is 0 Å². The SMILES string of the molecule is CS(=O)(=O)c1cccc(NC(=O)C[NH+]2CC=C(c3ccccc3)CC2)c1. The minimum Gasteiger partial charge on any atom is -0.324 e. The normalized spacial score (nSPS) is 17.4. The summed E-state index contributed by atoms with van der Waals surface area (Å²) >= 11 is 0. The molecule has 136 valence electrons. The summed E-state index contributed by atoms with van der Waals surface area (Å²) in [7, 11) is -3.29. The Kier molecular flexibility index (Phi) is 5.54. The van der Waals surface area contributed by atoms with E-state index in [-0.39, 0.29) is 10.8 Å². The highest BCUT2D eigenvalue weighted by atomic mass is 32.2. The molecular weight excluding hydrogens is 348 g/mol. The molecule has 2 aromatic rings. The highest BCUT2D eigenvalue weighted by Gasteiger charge is 2.19. The van der Waals surface area contributed by atoms with Gasteiger partial charge in [-0.25, -0.2) is 8.42 Å². The fourth-order valence-corrected chi connectivity index (χ4v) is 3.76. The Morgan fingerprint density at radius 3 is 2.54 bits per heavy atom. The van der Waals surface area contributed by atoms with Crippen molar-refractivity contribution in [2.75, 3.05) is 31.2 Å². The molecule has 0 fully saturated rings. The van der Waals surface area contributed by atoms with Crippen LogP contribution in [0.4, 0.5) is 5.69 Å². The second-order valence-corrected chi connectivity index (χ2v) is 8.59. The van der Waals surface area contributed by atoms with Crippen LogP contribution in [0, 0.1) is 0 Å². The van der Waals surface area contributed by atoms with Crippen molar-refractivity contribution >= 4 is 27.0 Å². The Morgan fingerprint density at radius 2 is 1.88 bits per heavy atom. The number of hydrogen-bond acceptors (Lipinski definition) is 3. The van der Waals surface area contributed by atoms with Gasteiger partial charge in [0.25, 0.3) is 5.91 Å². The lowest BCUT2D eigenvalue weighted by molar-refractivity contribution is -0.886. The van der Waals surface area contributed by atoms with Gasteiger partial charge in [0, 0.05) is 18.4 Å². The Hall–Kier alpha value is -2.44. The Balaban J connectivity index is 1.57. The molecule has 0 bridgehead atoms. The molecule has 0 radical (unpaired) electrons. The summed E-state index contributed by atoms with van der Waals surface area (Å²) in [6, 6.07) is 16.6. The number of benzene rings is 2. The van der Waals surface area contributed by atoms with Gasteiger partial charge in [0.1, 0.15) is 0 Å². The summed E-state index contributed by atoms with van der Waals surface area (Å²) in [6.45, 7) is 2.07. The molecule has 6 heteroatoms. The number of anilines is 1. The molecule has 1 unspecified atom stereocenters. The van der Waals surface area contributed by atoms with Gasteiger partial charge in [-0.05, 0) is 35.4 Å². The molecule has 26 heavy (non-hydrogen) atoms. The molecule has 3 rings (SSSR count). The van der Waals surface area contributed by atoms with Gasteiger partial charge in [0.2, 0.25) is 0 Å². The van der Waals surface area contributed by atoms with Crippen LogP contribution in [0.25, 0.3) is 5.57 Å². The van der Waals surface area contributed by atoms with Crippen molar-refractivity contribution < 1.29 is 18.1 Å². The van der Waals surface area contributed by atoms with Crippen molar-refractivity contribution in [2.45, 2.75) is 11.3 Å². The number of rotatable bonds is 5. The minimum absolute atomic E-state index is 0.109. The molecular formula is C20H23N2O3S+. The van der Waals surface area contributed by atoms with Gasteiger partial charge in [-0.2, -0.15) is 0 Å². The zero-order valence-electron chi connectivity index (χ0n) is 14.7. The fourth-order valence-electron chi connectivity index (χ4n) is 3.09. The van der Waals surface area contributed by atoms with Crippen LogP contribution in [-0.2, 0) is 14.6 Å². The molecule has 2 N–H and O–H groups in total. The van der Waals surface area contributed by atoms with Crippen LogP contribution in [0.3, 0.4) is 0 Å². The summed E-state index contributed by atoms with van der Waals surface area (Å²) in [5, 5.41) is 2.80. The average Bonchev–Trinajstić information content (AvgIpc) is 2.62. The topological polar surface area (TPSA) is 67.7 Å². The van der Waals surface area contributed by atoms with E-state index in [9.17, 15) is 13.2 Å². The predicted octanol–water partition coefficient (Wildman–Crippen LogP) is 1.40. The van der Waals surface area contributed by atoms with Gasteiger partial charge >= 0.3 is 0 Å². The zero-order valence-corrected chi connectivity index (χ0v) is 15.6. The monoisotopic (exact) mass is 371 g/mol. The lowest BCUT2D eigenvalue weighted by atomic mass is 10.00. The van der Waals surface area contributed by atoms with Crippen LogP contribution in [-0.4, -0.2) is 40.2 Å². The van der Waals surface area contributed by atoms with Crippen LogP contribution in [0.2, 0.25) is 0 Å². The molecule has 0 aliphatic carbocycles. The van der Waals surface area contributed by atoms with E-state index in [1.807, 2.05) is 18.2 Å². The van der Waals surface area contributed by atoms with Crippen LogP contribution < -0.4 is 10.2 Å². The van der Waals surface area contributed by atoms with Gasteiger partial charge in [-0.3, -0.25) is 4.79 Å². The fraction of sp³-hybridized carbons (Fsp3) is 0.250. The first-order valence-corrected chi connectivity index (χ1v) is 10.5. The Labute approximate surface area is 154 Å². The molecule has 1 heterocycles. The van der Waals surface area contributed by atoms with E-state index >= 15 is 0 Å². The molecule has 0 saturated heterocycles. The maximum absolute atomic E-state index is 12.3. The second-order valence-electron chi connectivity index (χ2n) is 6.57. The van der Waals surface area contributed by atoms with E-state index in [0.29, 0.717) is 12.2 Å². The summed E-state index contributed by atoms with van der Waals surface area (Å²) in [5.41, 5.74) is 3.08. The first kappa shape index (κ1) is 18.4. The third-order valence-corrected chi connectivity index (χ3v) is 5.60. The molecule has 2 aromatic carbocycles. The smallest absolute Gasteiger partial charge is 0.279 e. The predicted molar refractivity (Wildman–Crippen MR) is 103 cm³/mol. The molecule has 1 aliphatic rings. The third kappa shape index (κ3) is 4.80. The highest BCUT2D eigenvalue weighted by Crippen LogP contribution is 2.18. The maximum Gasteiger partial charge on any atom is 0.279 e. The first-order chi connectivity index (χ1) is 12.4. The van der Waals surface area contributed by atoms with Gasteiger partial charge in [0.05, 0.1) is 18.0 Å². The molecule has 1 aliphatic heterocycles. The van der Waals surface area contributed by atoms with Gasteiger partial charge in [-0.1, -0.05) is 36.4 Å². The number of carbonyl (C=O) groups is 1. The van der Waals surface area contributed by atoms with Crippen molar-refractivity contribution in [3.63, 3.8) is 0 Å². The number of amides is 1. The van der Waals surface area contributed by atoms with E-state index in [0.717, 1.165) is 25.8 Å². The van der Waals surface area contributed by atoms with Crippen LogP contribution in [0.15, 0.2) is 65.6 Å². The lowest BCUT2D eigenvalue weighted by Crippen LogP contribution is -3.13. The number of nitrogens with one attached hydrogen (secondary N) is 2. The number of quaternary nitrogens is 1. The van der Waals surface area contributed by atoms with Crippen molar-refractivity contribution in [1.82, 2.24) is 0 Å². The molecule has 0 aromatic heterocycles. The first-order valence-electron chi connectivity index (χ1n) is 8.60. The quantitative estimate of drug-likeness (QED) is 0.835. The maximum atomic E-state index is 12.3. The van der Waals surface area contributed by atoms with Crippen molar-refractivity contribution in [3.05, 3.63) is 66.2 Å². The Morgan fingerprint density at radius 1 is 1.12 bits per heavy atom. The number of carbonyl (C=O) groups excluding carboxylic acids is 1. The van der Waals surface area contributed by atoms with Crippen LogP contribution in [0.1, 0.15) is 12.0 Å². The average molecular weight is 371 g/mol. The third-order valence-electron chi connectivity index (χ3n) is 4.49. The lowest BCUT2D eigenvalue weighted by Gasteiger charge is -2.23. The van der Waals surface area contributed by atoms with E-state index in [1.165, 1.54) is 28.2 Å². The molecule has 1 atom stereocenters. The standard InChI is InChI=1S/C20H22N2O3S/c1-26(24,25)19-9-5-8-18(14-19)21-20(23)15-22-12-10-17(11-13-22)16-6-3-2-4-7-16/h2-10,14H,11-13,15H2,1H3,(H,21,23)/p+1. The van der Waals surface area contributed by atoms with Crippen molar-refractivity contribution in [2.24, 2.45) is 0 Å². The molecule has 0 saturated carbocycles. The van der Waals surface area contributed by atoms with Crippen molar-refractivity contribution in [3.8, 4) is 0 Å². The molecule has 0 spiro atoms. The summed E-state index contributed by atoms with van der Waals surface area (Å²) in [4.78, 5) is 13.7. The minimum atomic E-state index is -3.29. The van der Waals surface area contributed by atoms with E-state index in [2.05, 4.69) is 23.5 Å². The zero-order chi connectivity index (χ0) is 18.6. The second kappa shape index (κ2) is 7.85. The molecule has 5 nitrogen and oxygen atoms in total. The van der Waals surface area contributed by atoms with E-state index in [1.54, 1.807) is 12.1 Å². The van der Waals surface area contributed by atoms with Crippen LogP contribution >= 0.6 is 0 Å². The van der Waals surface area contributed by atoms with Gasteiger partial charge in [-0.15, -0.1) is 0 Å². The Bertz CT molecular complexity index is 921. The summed E-state index contributed by atoms with van der Waals surface area (Å²) in [5.74, 6) is -0.109. The largest absolute Gasteiger partial charge is 0.324 e. The van der Waals surface area contributed by atoms with Gasteiger partial charge < -0.3 is 10.2 Å². The number of sulfone groups is 1. The van der Waals surface area contributed by atoms with Crippen LogP contribution in [0.5, 0.6) is 0 Å².